The van der Waals surface area contributed by atoms with Gasteiger partial charge in [-0.1, -0.05) is 0 Å². The Morgan fingerprint density at radius 2 is 0.471 bits per heavy atom. The molecule has 96 valence electrons. The second kappa shape index (κ2) is 13.3. The van der Waals surface area contributed by atoms with Crippen molar-refractivity contribution in [3.05, 3.63) is 0 Å². The molecule has 0 aromatic heterocycles. The molecule has 0 aliphatic heterocycles. The Labute approximate surface area is 135 Å². The summed E-state index contributed by atoms with van der Waals surface area (Å²) in [5.41, 5.74) is 0. The molecule has 0 spiro atoms. The first-order valence-corrected chi connectivity index (χ1v) is 13.4. The molecule has 0 amide bonds. The third-order valence-corrected chi connectivity index (χ3v) is 0. The average molecular weight is 675 g/mol. The maximum Gasteiger partial charge on any atom is 5.00 e. The maximum atomic E-state index is 8.63. The van der Waals surface area contributed by atoms with E-state index in [1.165, 1.54) is 0 Å². The minimum absolute atomic E-state index is 0. The van der Waals surface area contributed by atoms with E-state index in [9.17, 15) is 0 Å². The topological polar surface area (TPSA) is 241 Å². The molecule has 0 aromatic carbocycles. The molecular weight excluding hydrogens is 675 g/mol. The second-order valence-corrected chi connectivity index (χ2v) is 8.22. The minimum Gasteiger partial charge on any atom is 1.00 e. The third kappa shape index (κ3) is 941. The molecule has 0 aliphatic carbocycles. The van der Waals surface area contributed by atoms with Gasteiger partial charge in [-0.25, -0.2) is 0 Å². The van der Waals surface area contributed by atoms with Gasteiger partial charge in [-0.2, -0.15) is 0 Å². The van der Waals surface area contributed by atoms with Crippen LogP contribution in [0.1, 0.15) is 0 Å². The van der Waals surface area contributed by atoms with Crippen LogP contribution in [0.3, 0.4) is 0 Å². The van der Waals surface area contributed by atoms with Crippen molar-refractivity contribution in [3.63, 3.8) is 0 Å². The number of rotatable bonds is 0. The summed E-state index contributed by atoms with van der Waals surface area (Å²) in [5.74, 6) is 0. The zero-order valence-electron chi connectivity index (χ0n) is 7.57. The van der Waals surface area contributed by atoms with Gasteiger partial charge in [0.25, 0.3) is 0 Å². The van der Waals surface area contributed by atoms with E-state index in [1.54, 1.807) is 0 Å². The fraction of sp³-hybridized carbons (Fsp3) is 0. The van der Waals surface area contributed by atoms with Gasteiger partial charge in [0.1, 0.15) is 0 Å². The Kier molecular flexibility index (Phi) is 24.6. The summed E-state index contributed by atoms with van der Waals surface area (Å²) in [6.07, 6.45) is 0. The Bertz CT molecular complexity index is 343. The Morgan fingerprint density at radius 3 is 0.471 bits per heavy atom. The summed E-state index contributed by atoms with van der Waals surface area (Å²) in [5, 5.41) is 0. The van der Waals surface area contributed by atoms with Gasteiger partial charge in [0, 0.05) is 0 Å². The number of hydrogen-bond acceptors (Lipinski definition) is 12. The Morgan fingerprint density at radius 1 is 0.471 bits per heavy atom. The molecule has 0 saturated carbocycles. The predicted molar refractivity (Wildman–Crippen MR) is 21.4 cm³/mol. The van der Waals surface area contributed by atoms with E-state index >= 15 is 0 Å². The third-order valence-electron chi connectivity index (χ3n) is 0. The molecule has 17 heteroatoms. The molecule has 0 aliphatic rings. The van der Waals surface area contributed by atoms with Crippen molar-refractivity contribution in [2.75, 3.05) is 0 Å². The first-order valence-electron chi connectivity index (χ1n) is 2.00. The fourth-order valence-electron chi connectivity index (χ4n) is 0. The van der Waals surface area contributed by atoms with Gasteiger partial charge < -0.3 is 0 Å². The van der Waals surface area contributed by atoms with Crippen molar-refractivity contribution in [2.45, 2.75) is 0 Å². The zero-order chi connectivity index (χ0) is 13.5. The van der Waals surface area contributed by atoms with Crippen LogP contribution < -0.4 is 39.7 Å². The molecule has 0 heterocycles. The van der Waals surface area contributed by atoms with Crippen LogP contribution in [0.5, 0.6) is 0 Å². The molecule has 0 radical (unpaired) electrons. The van der Waals surface area contributed by atoms with E-state index in [4.69, 9.17) is 39.5 Å². The van der Waals surface area contributed by atoms with Crippen molar-refractivity contribution in [1.29, 1.82) is 0 Å². The van der Waals surface area contributed by atoms with Crippen LogP contribution in [0.2, 0.25) is 0 Å². The maximum absolute atomic E-state index is 8.63. The molecule has 0 bridgehead atoms. The summed E-state index contributed by atoms with van der Waals surface area (Å²) in [7, 11) is 0. The van der Waals surface area contributed by atoms with Crippen molar-refractivity contribution >= 4 is 56.9 Å². The van der Waals surface area contributed by atoms with Crippen LogP contribution in [0.25, 0.3) is 0 Å². The smallest absolute Gasteiger partial charge is 1.00 e. The summed E-state index contributed by atoms with van der Waals surface area (Å²) in [6, 6.07) is 0. The Hall–Kier alpha value is 2.27. The largest absolute Gasteiger partial charge is 5.00 e. The molecule has 0 saturated heterocycles. The minimum atomic E-state index is -6.02. The van der Waals surface area contributed by atoms with E-state index in [2.05, 4.69) is 0 Å². The van der Waals surface area contributed by atoms with Gasteiger partial charge in [-0.15, -0.1) is 0 Å². The van der Waals surface area contributed by atoms with Gasteiger partial charge in [0.2, 0.25) is 0 Å². The molecule has 0 atom stereocenters. The summed E-state index contributed by atoms with van der Waals surface area (Å²) in [4.78, 5) is 0. The summed E-state index contributed by atoms with van der Waals surface area (Å²) >= 11 is -18.1. The quantitative estimate of drug-likeness (QED) is 0.218. The number of hydrogen-bond donors (Lipinski definition) is 0. The molecule has 12 nitrogen and oxygen atoms in total. The molecule has 0 unspecified atom stereocenters. The average Bonchev–Trinajstić information content (AvgIpc) is 1.41. The van der Waals surface area contributed by atoms with Gasteiger partial charge in [0.15, 0.2) is 0 Å². The van der Waals surface area contributed by atoms with Gasteiger partial charge in [-0.05, 0) is 0 Å². The fourth-order valence-corrected chi connectivity index (χ4v) is 0. The van der Waals surface area contributed by atoms with Crippen molar-refractivity contribution in [2.24, 2.45) is 0 Å². The molecule has 17 heavy (non-hydrogen) atoms. The van der Waals surface area contributed by atoms with Crippen LogP contribution in [-0.2, 0) is 41.0 Å². The SMILES string of the molecule is O=[Te](=O)([O-])[O-].O=[Te](=O)([O-])[O-].O=[Te](=O)([O-])[O-].[Li+].[Nb+5]. The second-order valence-electron chi connectivity index (χ2n) is 1.22. The summed E-state index contributed by atoms with van der Waals surface area (Å²) < 4.78 is 104. The molecule has 0 N–H and O–H groups in total. The summed E-state index contributed by atoms with van der Waals surface area (Å²) in [6.45, 7) is 0. The van der Waals surface area contributed by atoms with E-state index < -0.39 is 56.9 Å². The van der Waals surface area contributed by atoms with Gasteiger partial charge in [0.05, 0.1) is 0 Å². The van der Waals surface area contributed by atoms with Crippen LogP contribution in [0.15, 0.2) is 0 Å². The van der Waals surface area contributed by atoms with E-state index in [0.717, 1.165) is 0 Å². The van der Waals surface area contributed by atoms with Crippen molar-refractivity contribution in [1.82, 2.24) is 0 Å². The van der Waals surface area contributed by atoms with Crippen LogP contribution in [-0.4, -0.2) is 56.9 Å². The van der Waals surface area contributed by atoms with E-state index in [0.29, 0.717) is 0 Å². The van der Waals surface area contributed by atoms with E-state index in [1.807, 2.05) is 0 Å². The first-order chi connectivity index (χ1) is 6.00. The monoisotopic (exact) mass is 682 g/mol. The van der Waals surface area contributed by atoms with Gasteiger partial charge in [-0.3, -0.25) is 0 Å². The normalized spacial score (nSPS) is 10.2. The first kappa shape index (κ1) is 31.6. The van der Waals surface area contributed by atoms with Crippen LogP contribution >= 0.6 is 0 Å². The molecule has 0 aromatic rings. The Balaban J connectivity index is -0.0000000400. The van der Waals surface area contributed by atoms with Gasteiger partial charge >= 0.3 is 138 Å². The van der Waals surface area contributed by atoms with Crippen LogP contribution in [0.4, 0.5) is 0 Å². The molecule has 0 rings (SSSR count). The standard InChI is InChI=1S/Li.Nb.3H2O4Te/c;;3*1-5(2,3)4/h;;3*(H2,1,2,3,4)/q+1;+5;;;/p-6. The predicted octanol–water partition coefficient (Wildman–Crippen LogP) is -12.0. The zero-order valence-corrected chi connectivity index (χ0v) is 16.8. The van der Waals surface area contributed by atoms with Crippen molar-refractivity contribution in [3.8, 4) is 0 Å². The van der Waals surface area contributed by atoms with Crippen molar-refractivity contribution < 1.29 is 80.7 Å². The van der Waals surface area contributed by atoms with Crippen LogP contribution in [0, 0.1) is 0 Å². The molecular formula is LiNbO12Te3. The molecule has 0 fully saturated rings. The van der Waals surface area contributed by atoms with E-state index in [-0.39, 0.29) is 41.2 Å².